The number of rotatable bonds is 6. The Hall–Kier alpha value is -1.23. The molecule has 0 heterocycles. The molecule has 0 aliphatic rings. The number of benzene rings is 2. The van der Waals surface area contributed by atoms with E-state index < -0.39 is 6.10 Å². The molecule has 0 amide bonds. The second-order valence-corrected chi connectivity index (χ2v) is 6.02. The summed E-state index contributed by atoms with van der Waals surface area (Å²) in [7, 11) is 0. The van der Waals surface area contributed by atoms with Crippen LogP contribution in [0.15, 0.2) is 46.9 Å². The van der Waals surface area contributed by atoms with Crippen LogP contribution in [-0.2, 0) is 0 Å². The summed E-state index contributed by atoms with van der Waals surface area (Å²) >= 11 is 9.46. The van der Waals surface area contributed by atoms with Crippen molar-refractivity contribution in [1.29, 1.82) is 0 Å². The van der Waals surface area contributed by atoms with Crippen LogP contribution in [0.3, 0.4) is 0 Å². The molecule has 2 rings (SSSR count). The van der Waals surface area contributed by atoms with E-state index in [-0.39, 0.29) is 6.61 Å². The summed E-state index contributed by atoms with van der Waals surface area (Å²) in [6, 6.07) is 13.2. The number of nitrogens with one attached hydrogen (secondary N) is 1. The molecule has 0 fully saturated rings. The summed E-state index contributed by atoms with van der Waals surface area (Å²) in [6.45, 7) is 2.60. The van der Waals surface area contributed by atoms with Gasteiger partial charge in [0.05, 0.1) is 5.02 Å². The first-order valence-corrected chi connectivity index (χ1v) is 7.79. The SMILES string of the molecule is Cc1ccc(Br)c(NCC(O)COc2ccccc2Cl)c1. The maximum Gasteiger partial charge on any atom is 0.138 e. The number of anilines is 1. The van der Waals surface area contributed by atoms with E-state index in [1.54, 1.807) is 12.1 Å². The topological polar surface area (TPSA) is 41.5 Å². The van der Waals surface area contributed by atoms with Gasteiger partial charge in [-0.15, -0.1) is 0 Å². The van der Waals surface area contributed by atoms with Gasteiger partial charge in [0.15, 0.2) is 0 Å². The van der Waals surface area contributed by atoms with Gasteiger partial charge in [-0.25, -0.2) is 0 Å². The van der Waals surface area contributed by atoms with Gasteiger partial charge in [0.1, 0.15) is 18.5 Å². The highest BCUT2D eigenvalue weighted by Crippen LogP contribution is 2.24. The number of aryl methyl sites for hydroxylation is 1. The number of aliphatic hydroxyl groups excluding tert-OH is 1. The fourth-order valence-corrected chi connectivity index (χ4v) is 2.39. The standard InChI is InChI=1S/C16H17BrClNO2/c1-11-6-7-13(17)15(8-11)19-9-12(20)10-21-16-5-3-2-4-14(16)18/h2-8,12,19-20H,9-10H2,1H3. The molecule has 0 bridgehead atoms. The van der Waals surface area contributed by atoms with Crippen molar-refractivity contribution >= 4 is 33.2 Å². The van der Waals surface area contributed by atoms with Crippen LogP contribution in [0.5, 0.6) is 5.75 Å². The van der Waals surface area contributed by atoms with E-state index in [0.29, 0.717) is 17.3 Å². The van der Waals surface area contributed by atoms with Gasteiger partial charge in [-0.2, -0.15) is 0 Å². The van der Waals surface area contributed by atoms with Crippen LogP contribution in [0.2, 0.25) is 5.02 Å². The molecule has 3 nitrogen and oxygen atoms in total. The van der Waals surface area contributed by atoms with E-state index in [4.69, 9.17) is 16.3 Å². The Kier molecular flexibility index (Phi) is 5.91. The van der Waals surface area contributed by atoms with Crippen molar-refractivity contribution in [2.75, 3.05) is 18.5 Å². The van der Waals surface area contributed by atoms with Crippen molar-refractivity contribution < 1.29 is 9.84 Å². The number of para-hydroxylation sites is 1. The van der Waals surface area contributed by atoms with Crippen LogP contribution >= 0.6 is 27.5 Å². The summed E-state index contributed by atoms with van der Waals surface area (Å²) in [5.74, 6) is 0.579. The molecule has 21 heavy (non-hydrogen) atoms. The molecule has 2 aromatic carbocycles. The molecule has 0 saturated carbocycles. The molecule has 0 aliphatic carbocycles. The number of hydrogen-bond donors (Lipinski definition) is 2. The van der Waals surface area contributed by atoms with Crippen molar-refractivity contribution in [2.45, 2.75) is 13.0 Å². The predicted octanol–water partition coefficient (Wildman–Crippen LogP) is 4.26. The maximum atomic E-state index is 9.98. The zero-order chi connectivity index (χ0) is 15.2. The lowest BCUT2D eigenvalue weighted by atomic mass is 10.2. The Morgan fingerprint density at radius 1 is 1.29 bits per heavy atom. The van der Waals surface area contributed by atoms with Gasteiger partial charge in [-0.3, -0.25) is 0 Å². The highest BCUT2D eigenvalue weighted by molar-refractivity contribution is 9.10. The molecule has 2 N–H and O–H groups in total. The van der Waals surface area contributed by atoms with E-state index in [0.717, 1.165) is 15.7 Å². The Balaban J connectivity index is 1.84. The number of hydrogen-bond acceptors (Lipinski definition) is 3. The lowest BCUT2D eigenvalue weighted by Crippen LogP contribution is -2.26. The van der Waals surface area contributed by atoms with Gasteiger partial charge in [-0.05, 0) is 52.7 Å². The van der Waals surface area contributed by atoms with Gasteiger partial charge in [0.25, 0.3) is 0 Å². The number of aliphatic hydroxyl groups is 1. The molecular weight excluding hydrogens is 354 g/mol. The highest BCUT2D eigenvalue weighted by atomic mass is 79.9. The van der Waals surface area contributed by atoms with Crippen LogP contribution in [0.25, 0.3) is 0 Å². The zero-order valence-electron chi connectivity index (χ0n) is 11.6. The van der Waals surface area contributed by atoms with Crippen molar-refractivity contribution in [3.05, 3.63) is 57.5 Å². The van der Waals surface area contributed by atoms with Crippen molar-refractivity contribution in [3.8, 4) is 5.75 Å². The number of halogens is 2. The summed E-state index contributed by atoms with van der Waals surface area (Å²) < 4.78 is 6.47. The molecular formula is C16H17BrClNO2. The second kappa shape index (κ2) is 7.69. The van der Waals surface area contributed by atoms with Crippen LogP contribution < -0.4 is 10.1 Å². The lowest BCUT2D eigenvalue weighted by molar-refractivity contribution is 0.117. The fourth-order valence-electron chi connectivity index (χ4n) is 1.81. The first-order valence-electron chi connectivity index (χ1n) is 6.61. The highest BCUT2D eigenvalue weighted by Gasteiger charge is 2.08. The summed E-state index contributed by atoms with van der Waals surface area (Å²) in [5.41, 5.74) is 2.11. The molecule has 1 atom stereocenters. The Morgan fingerprint density at radius 2 is 2.05 bits per heavy atom. The smallest absolute Gasteiger partial charge is 0.138 e. The minimum atomic E-state index is -0.631. The van der Waals surface area contributed by atoms with E-state index >= 15 is 0 Å². The third-order valence-electron chi connectivity index (χ3n) is 2.92. The molecule has 0 radical (unpaired) electrons. The van der Waals surface area contributed by atoms with Crippen molar-refractivity contribution in [1.82, 2.24) is 0 Å². The number of ether oxygens (including phenoxy) is 1. The average molecular weight is 371 g/mol. The summed E-state index contributed by atoms with van der Waals surface area (Å²) in [6.07, 6.45) is -0.631. The molecule has 2 aromatic rings. The Morgan fingerprint density at radius 3 is 2.81 bits per heavy atom. The zero-order valence-corrected chi connectivity index (χ0v) is 14.0. The van der Waals surface area contributed by atoms with Gasteiger partial charge >= 0.3 is 0 Å². The molecule has 0 aromatic heterocycles. The quantitative estimate of drug-likeness (QED) is 0.798. The van der Waals surface area contributed by atoms with Crippen molar-refractivity contribution in [3.63, 3.8) is 0 Å². The molecule has 0 aliphatic heterocycles. The lowest BCUT2D eigenvalue weighted by Gasteiger charge is -2.15. The Labute approximate surface area is 138 Å². The molecule has 5 heteroatoms. The van der Waals surface area contributed by atoms with E-state index in [2.05, 4.69) is 21.2 Å². The molecule has 0 saturated heterocycles. The third-order valence-corrected chi connectivity index (χ3v) is 3.92. The van der Waals surface area contributed by atoms with Gasteiger partial charge < -0.3 is 15.2 Å². The van der Waals surface area contributed by atoms with E-state index in [1.165, 1.54) is 0 Å². The van der Waals surface area contributed by atoms with Crippen LogP contribution in [0.1, 0.15) is 5.56 Å². The minimum Gasteiger partial charge on any atom is -0.489 e. The second-order valence-electron chi connectivity index (χ2n) is 4.76. The fraction of sp³-hybridized carbons (Fsp3) is 0.250. The molecule has 112 valence electrons. The largest absolute Gasteiger partial charge is 0.489 e. The minimum absolute atomic E-state index is 0.181. The molecule has 1 unspecified atom stereocenters. The summed E-state index contributed by atoms with van der Waals surface area (Å²) in [5, 5.41) is 13.7. The molecule has 0 spiro atoms. The first kappa shape index (κ1) is 16.1. The van der Waals surface area contributed by atoms with Gasteiger partial charge in [-0.1, -0.05) is 29.8 Å². The predicted molar refractivity (Wildman–Crippen MR) is 90.3 cm³/mol. The van der Waals surface area contributed by atoms with E-state index in [9.17, 15) is 5.11 Å². The maximum absolute atomic E-state index is 9.98. The van der Waals surface area contributed by atoms with Crippen molar-refractivity contribution in [2.24, 2.45) is 0 Å². The van der Waals surface area contributed by atoms with Crippen LogP contribution in [0, 0.1) is 6.92 Å². The van der Waals surface area contributed by atoms with Crippen LogP contribution in [0.4, 0.5) is 5.69 Å². The Bertz CT molecular complexity index is 607. The summed E-state index contributed by atoms with van der Waals surface area (Å²) in [4.78, 5) is 0. The average Bonchev–Trinajstić information content (AvgIpc) is 2.47. The van der Waals surface area contributed by atoms with Gasteiger partial charge in [0.2, 0.25) is 0 Å². The van der Waals surface area contributed by atoms with Gasteiger partial charge in [0, 0.05) is 16.7 Å². The van der Waals surface area contributed by atoms with Crippen LogP contribution in [-0.4, -0.2) is 24.4 Å². The third kappa shape index (κ3) is 4.92. The normalized spacial score (nSPS) is 12.0. The first-order chi connectivity index (χ1) is 10.1. The monoisotopic (exact) mass is 369 g/mol. The van der Waals surface area contributed by atoms with E-state index in [1.807, 2.05) is 37.3 Å².